The SMILES string of the molecule is c1ccc(N2CCC(NCCCc3ncn[nH]3)CC2)cc1. The summed E-state index contributed by atoms with van der Waals surface area (Å²) in [5, 5.41) is 10.4. The van der Waals surface area contributed by atoms with Crippen LogP contribution in [0.25, 0.3) is 0 Å². The van der Waals surface area contributed by atoms with Gasteiger partial charge in [0.2, 0.25) is 0 Å². The van der Waals surface area contributed by atoms with Crippen LogP contribution in [0.1, 0.15) is 25.1 Å². The van der Waals surface area contributed by atoms with E-state index in [4.69, 9.17) is 0 Å². The molecule has 1 aromatic carbocycles. The van der Waals surface area contributed by atoms with Gasteiger partial charge in [-0.1, -0.05) is 18.2 Å². The average molecular weight is 285 g/mol. The van der Waals surface area contributed by atoms with E-state index in [1.807, 2.05) is 0 Å². The number of anilines is 1. The zero-order chi connectivity index (χ0) is 14.3. The maximum absolute atomic E-state index is 4.14. The number of benzene rings is 1. The van der Waals surface area contributed by atoms with Crippen LogP contribution in [0.5, 0.6) is 0 Å². The van der Waals surface area contributed by atoms with E-state index in [1.165, 1.54) is 18.5 Å². The fourth-order valence-corrected chi connectivity index (χ4v) is 2.89. The third kappa shape index (κ3) is 4.04. The van der Waals surface area contributed by atoms with Crippen molar-refractivity contribution in [3.05, 3.63) is 42.5 Å². The molecule has 1 saturated heterocycles. The minimum absolute atomic E-state index is 0.652. The topological polar surface area (TPSA) is 56.8 Å². The molecule has 0 amide bonds. The molecule has 1 aromatic heterocycles. The first-order valence-corrected chi connectivity index (χ1v) is 7.79. The number of hydrogen-bond donors (Lipinski definition) is 2. The fraction of sp³-hybridized carbons (Fsp3) is 0.500. The lowest BCUT2D eigenvalue weighted by Gasteiger charge is -2.34. The second-order valence-corrected chi connectivity index (χ2v) is 5.59. The molecule has 1 aliphatic heterocycles. The van der Waals surface area contributed by atoms with E-state index in [0.29, 0.717) is 6.04 Å². The van der Waals surface area contributed by atoms with Crippen molar-refractivity contribution in [1.82, 2.24) is 20.5 Å². The fourth-order valence-electron chi connectivity index (χ4n) is 2.89. The standard InChI is InChI=1S/C16H23N5/c1-2-5-15(6-3-1)21-11-8-14(9-12-21)17-10-4-7-16-18-13-19-20-16/h1-3,5-6,13-14,17H,4,7-12H2,(H,18,19,20). The van der Waals surface area contributed by atoms with Crippen molar-refractivity contribution in [1.29, 1.82) is 0 Å². The molecule has 0 saturated carbocycles. The Balaban J connectivity index is 1.34. The highest BCUT2D eigenvalue weighted by molar-refractivity contribution is 5.46. The lowest BCUT2D eigenvalue weighted by molar-refractivity contribution is 0.412. The highest BCUT2D eigenvalue weighted by atomic mass is 15.2. The second-order valence-electron chi connectivity index (χ2n) is 5.59. The molecule has 2 heterocycles. The molecule has 0 atom stereocenters. The normalized spacial score (nSPS) is 16.3. The van der Waals surface area contributed by atoms with E-state index >= 15 is 0 Å². The first-order valence-electron chi connectivity index (χ1n) is 7.79. The lowest BCUT2D eigenvalue weighted by atomic mass is 10.0. The van der Waals surface area contributed by atoms with Gasteiger partial charge in [0.05, 0.1) is 0 Å². The summed E-state index contributed by atoms with van der Waals surface area (Å²) in [5.74, 6) is 0.982. The van der Waals surface area contributed by atoms with Crippen molar-refractivity contribution in [2.45, 2.75) is 31.7 Å². The summed E-state index contributed by atoms with van der Waals surface area (Å²) < 4.78 is 0. The summed E-state index contributed by atoms with van der Waals surface area (Å²) in [6.07, 6.45) is 6.08. The molecule has 1 aliphatic rings. The number of piperidine rings is 1. The third-order valence-electron chi connectivity index (χ3n) is 4.10. The van der Waals surface area contributed by atoms with Crippen LogP contribution in [0.4, 0.5) is 5.69 Å². The van der Waals surface area contributed by atoms with Gasteiger partial charge in [-0.3, -0.25) is 5.10 Å². The molecule has 0 unspecified atom stereocenters. The molecule has 1 fully saturated rings. The Hall–Kier alpha value is -1.88. The molecule has 3 rings (SSSR count). The monoisotopic (exact) mass is 285 g/mol. The predicted molar refractivity (Wildman–Crippen MR) is 84.4 cm³/mol. The summed E-state index contributed by atoms with van der Waals surface area (Å²) >= 11 is 0. The molecule has 0 bridgehead atoms. The average Bonchev–Trinajstić information content (AvgIpc) is 3.06. The molecular formula is C16H23N5. The van der Waals surface area contributed by atoms with Gasteiger partial charge in [0, 0.05) is 31.2 Å². The Morgan fingerprint density at radius 2 is 2.00 bits per heavy atom. The van der Waals surface area contributed by atoms with E-state index < -0.39 is 0 Å². The number of nitrogens with one attached hydrogen (secondary N) is 2. The quantitative estimate of drug-likeness (QED) is 0.797. The third-order valence-corrected chi connectivity index (χ3v) is 4.10. The number of H-pyrrole nitrogens is 1. The number of aromatic nitrogens is 3. The summed E-state index contributed by atoms with van der Waals surface area (Å²) in [6.45, 7) is 3.34. The number of aryl methyl sites for hydroxylation is 1. The maximum atomic E-state index is 4.14. The van der Waals surface area contributed by atoms with Gasteiger partial charge in [0.15, 0.2) is 0 Å². The van der Waals surface area contributed by atoms with Crippen LogP contribution in [-0.4, -0.2) is 40.9 Å². The van der Waals surface area contributed by atoms with Crippen LogP contribution in [0.3, 0.4) is 0 Å². The number of aromatic amines is 1. The zero-order valence-corrected chi connectivity index (χ0v) is 12.3. The maximum Gasteiger partial charge on any atom is 0.137 e. The Labute approximate surface area is 125 Å². The van der Waals surface area contributed by atoms with Gasteiger partial charge in [-0.2, -0.15) is 5.10 Å². The van der Waals surface area contributed by atoms with Gasteiger partial charge < -0.3 is 10.2 Å². The number of nitrogens with zero attached hydrogens (tertiary/aromatic N) is 3. The van der Waals surface area contributed by atoms with Crippen LogP contribution in [-0.2, 0) is 6.42 Å². The van der Waals surface area contributed by atoms with Gasteiger partial charge in [-0.25, -0.2) is 4.98 Å². The minimum atomic E-state index is 0.652. The van der Waals surface area contributed by atoms with Crippen LogP contribution in [0, 0.1) is 0 Å². The first-order chi connectivity index (χ1) is 10.4. The first kappa shape index (κ1) is 14.1. The van der Waals surface area contributed by atoms with Crippen LogP contribution in [0.2, 0.25) is 0 Å². The Morgan fingerprint density at radius 1 is 1.19 bits per heavy atom. The van der Waals surface area contributed by atoms with E-state index in [2.05, 4.69) is 55.7 Å². The molecule has 21 heavy (non-hydrogen) atoms. The lowest BCUT2D eigenvalue weighted by Crippen LogP contribution is -2.42. The van der Waals surface area contributed by atoms with Crippen molar-refractivity contribution >= 4 is 5.69 Å². The molecule has 112 valence electrons. The van der Waals surface area contributed by atoms with Gasteiger partial charge >= 0.3 is 0 Å². The zero-order valence-electron chi connectivity index (χ0n) is 12.3. The highest BCUT2D eigenvalue weighted by Crippen LogP contribution is 2.19. The van der Waals surface area contributed by atoms with Gasteiger partial charge in [0.25, 0.3) is 0 Å². The van der Waals surface area contributed by atoms with Gasteiger partial charge in [-0.05, 0) is 37.9 Å². The molecule has 0 radical (unpaired) electrons. The second kappa shape index (κ2) is 7.22. The molecular weight excluding hydrogens is 262 g/mol. The summed E-state index contributed by atoms with van der Waals surface area (Å²) in [7, 11) is 0. The Bertz CT molecular complexity index is 503. The summed E-state index contributed by atoms with van der Waals surface area (Å²) in [4.78, 5) is 6.62. The van der Waals surface area contributed by atoms with Crippen molar-refractivity contribution < 1.29 is 0 Å². The summed E-state index contributed by atoms with van der Waals surface area (Å²) in [6, 6.07) is 11.4. The molecule has 2 aromatic rings. The summed E-state index contributed by atoms with van der Waals surface area (Å²) in [5.41, 5.74) is 1.35. The molecule has 0 spiro atoms. The molecule has 5 heteroatoms. The van der Waals surface area contributed by atoms with Crippen molar-refractivity contribution in [2.24, 2.45) is 0 Å². The van der Waals surface area contributed by atoms with Gasteiger partial charge in [-0.15, -0.1) is 0 Å². The number of hydrogen-bond acceptors (Lipinski definition) is 4. The van der Waals surface area contributed by atoms with E-state index in [9.17, 15) is 0 Å². The molecule has 0 aliphatic carbocycles. The predicted octanol–water partition coefficient (Wildman–Crippen LogP) is 2.00. The minimum Gasteiger partial charge on any atom is -0.371 e. The van der Waals surface area contributed by atoms with E-state index in [-0.39, 0.29) is 0 Å². The smallest absolute Gasteiger partial charge is 0.137 e. The van der Waals surface area contributed by atoms with Gasteiger partial charge in [0.1, 0.15) is 12.2 Å². The van der Waals surface area contributed by atoms with E-state index in [1.54, 1.807) is 6.33 Å². The molecule has 5 nitrogen and oxygen atoms in total. The van der Waals surface area contributed by atoms with Crippen molar-refractivity contribution in [3.63, 3.8) is 0 Å². The Morgan fingerprint density at radius 3 is 2.71 bits per heavy atom. The largest absolute Gasteiger partial charge is 0.371 e. The number of rotatable bonds is 6. The Kier molecular flexibility index (Phi) is 4.84. The van der Waals surface area contributed by atoms with Crippen LogP contribution in [0.15, 0.2) is 36.7 Å². The van der Waals surface area contributed by atoms with Crippen molar-refractivity contribution in [3.8, 4) is 0 Å². The van der Waals surface area contributed by atoms with E-state index in [0.717, 1.165) is 38.3 Å². The molecule has 2 N–H and O–H groups in total. The van der Waals surface area contributed by atoms with Crippen LogP contribution >= 0.6 is 0 Å². The highest BCUT2D eigenvalue weighted by Gasteiger charge is 2.18. The van der Waals surface area contributed by atoms with Crippen molar-refractivity contribution in [2.75, 3.05) is 24.5 Å². The van der Waals surface area contributed by atoms with Crippen LogP contribution < -0.4 is 10.2 Å². The number of para-hydroxylation sites is 1.